The molecular formula is C16H21Br2NO2S. The number of imide groups is 1. The molecule has 2 rings (SSSR count). The molecule has 0 radical (unpaired) electrons. The van der Waals surface area contributed by atoms with Crippen LogP contribution in [-0.2, 0) is 0 Å². The van der Waals surface area contributed by atoms with E-state index in [-0.39, 0.29) is 11.8 Å². The molecule has 1 aliphatic rings. The summed E-state index contributed by atoms with van der Waals surface area (Å²) in [5, 5.41) is 0. The summed E-state index contributed by atoms with van der Waals surface area (Å²) in [7, 11) is 0. The summed E-state index contributed by atoms with van der Waals surface area (Å²) in [6.45, 7) is 2.75. The highest BCUT2D eigenvalue weighted by molar-refractivity contribution is 9.12. The van der Waals surface area contributed by atoms with E-state index in [1.807, 2.05) is 0 Å². The molecule has 1 aromatic rings. The molecule has 0 saturated heterocycles. The van der Waals surface area contributed by atoms with E-state index in [1.54, 1.807) is 0 Å². The van der Waals surface area contributed by atoms with Gasteiger partial charge in [-0.2, -0.15) is 0 Å². The van der Waals surface area contributed by atoms with E-state index in [0.29, 0.717) is 17.7 Å². The van der Waals surface area contributed by atoms with Gasteiger partial charge in [0.25, 0.3) is 11.8 Å². The third-order valence-corrected chi connectivity index (χ3v) is 6.51. The molecule has 2 amide bonds. The molecule has 2 heterocycles. The van der Waals surface area contributed by atoms with Crippen molar-refractivity contribution >= 4 is 55.0 Å². The SMILES string of the molecule is CCCCCCCCCCN1C(=O)c2c(Br)sc(Br)c2C1=O. The van der Waals surface area contributed by atoms with Crippen LogP contribution in [-0.4, -0.2) is 23.3 Å². The van der Waals surface area contributed by atoms with Crippen LogP contribution in [0.4, 0.5) is 0 Å². The molecule has 0 aromatic carbocycles. The molecular weight excluding hydrogens is 430 g/mol. The van der Waals surface area contributed by atoms with E-state index in [2.05, 4.69) is 38.8 Å². The third kappa shape index (κ3) is 4.01. The minimum absolute atomic E-state index is 0.156. The molecule has 3 nitrogen and oxygen atoms in total. The van der Waals surface area contributed by atoms with Crippen molar-refractivity contribution in [1.29, 1.82) is 0 Å². The zero-order valence-corrected chi connectivity index (χ0v) is 16.8. The fourth-order valence-electron chi connectivity index (χ4n) is 2.73. The highest BCUT2D eigenvalue weighted by atomic mass is 79.9. The largest absolute Gasteiger partial charge is 0.274 e. The van der Waals surface area contributed by atoms with Gasteiger partial charge >= 0.3 is 0 Å². The van der Waals surface area contributed by atoms with Crippen LogP contribution in [0.5, 0.6) is 0 Å². The van der Waals surface area contributed by atoms with Gasteiger partial charge < -0.3 is 0 Å². The van der Waals surface area contributed by atoms with Crippen LogP contribution in [0.25, 0.3) is 0 Å². The van der Waals surface area contributed by atoms with Gasteiger partial charge in [0.15, 0.2) is 0 Å². The Hall–Kier alpha value is -0.200. The average molecular weight is 451 g/mol. The van der Waals surface area contributed by atoms with Crippen LogP contribution < -0.4 is 0 Å². The van der Waals surface area contributed by atoms with Gasteiger partial charge in [-0.3, -0.25) is 14.5 Å². The van der Waals surface area contributed by atoms with Crippen molar-refractivity contribution in [3.05, 3.63) is 18.7 Å². The number of carbonyl (C=O) groups excluding carboxylic acids is 2. The van der Waals surface area contributed by atoms with E-state index < -0.39 is 0 Å². The van der Waals surface area contributed by atoms with Gasteiger partial charge in [0.05, 0.1) is 18.7 Å². The highest BCUT2D eigenvalue weighted by Gasteiger charge is 2.40. The molecule has 122 valence electrons. The molecule has 1 aliphatic heterocycles. The summed E-state index contributed by atoms with van der Waals surface area (Å²) in [6, 6.07) is 0. The molecule has 0 saturated carbocycles. The van der Waals surface area contributed by atoms with Crippen molar-refractivity contribution in [3.63, 3.8) is 0 Å². The van der Waals surface area contributed by atoms with E-state index in [4.69, 9.17) is 0 Å². The molecule has 0 spiro atoms. The second-order valence-corrected chi connectivity index (χ2v) is 9.29. The first-order chi connectivity index (χ1) is 10.6. The Morgan fingerprint density at radius 1 is 0.818 bits per heavy atom. The molecule has 1 aromatic heterocycles. The first-order valence-electron chi connectivity index (χ1n) is 7.92. The summed E-state index contributed by atoms with van der Waals surface area (Å²) in [4.78, 5) is 26.1. The van der Waals surface area contributed by atoms with Crippen molar-refractivity contribution in [2.24, 2.45) is 0 Å². The quantitative estimate of drug-likeness (QED) is 0.341. The monoisotopic (exact) mass is 449 g/mol. The lowest BCUT2D eigenvalue weighted by Crippen LogP contribution is -2.31. The number of hydrogen-bond acceptors (Lipinski definition) is 3. The van der Waals surface area contributed by atoms with Gasteiger partial charge in [0.2, 0.25) is 0 Å². The Morgan fingerprint density at radius 3 is 1.77 bits per heavy atom. The van der Waals surface area contributed by atoms with Crippen LogP contribution >= 0.6 is 43.2 Å². The number of unbranched alkanes of at least 4 members (excludes halogenated alkanes) is 7. The molecule has 0 unspecified atom stereocenters. The normalized spacial score (nSPS) is 14.0. The van der Waals surface area contributed by atoms with Gasteiger partial charge in [0, 0.05) is 6.54 Å². The maximum absolute atomic E-state index is 12.3. The molecule has 0 bridgehead atoms. The zero-order valence-electron chi connectivity index (χ0n) is 12.8. The number of carbonyl (C=O) groups is 2. The van der Waals surface area contributed by atoms with E-state index >= 15 is 0 Å². The number of fused-ring (bicyclic) bond motifs is 1. The standard InChI is InChI=1S/C16H21Br2NO2S/c1-2-3-4-5-6-7-8-9-10-19-15(20)11-12(16(19)21)14(18)22-13(11)17/h2-10H2,1H3. The topological polar surface area (TPSA) is 37.4 Å². The highest BCUT2D eigenvalue weighted by Crippen LogP contribution is 2.41. The Balaban J connectivity index is 1.75. The minimum atomic E-state index is -0.156. The summed E-state index contributed by atoms with van der Waals surface area (Å²) < 4.78 is 1.48. The predicted octanol–water partition coefficient (Wildman–Crippen LogP) is 6.01. The number of thiophene rings is 1. The van der Waals surface area contributed by atoms with Crippen molar-refractivity contribution in [2.75, 3.05) is 6.54 Å². The molecule has 22 heavy (non-hydrogen) atoms. The fraction of sp³-hybridized carbons (Fsp3) is 0.625. The predicted molar refractivity (Wildman–Crippen MR) is 97.7 cm³/mol. The van der Waals surface area contributed by atoms with Crippen LogP contribution in [0.3, 0.4) is 0 Å². The van der Waals surface area contributed by atoms with E-state index in [0.717, 1.165) is 20.4 Å². The zero-order chi connectivity index (χ0) is 16.1. The van der Waals surface area contributed by atoms with Crippen LogP contribution in [0.2, 0.25) is 0 Å². The van der Waals surface area contributed by atoms with Crippen molar-refractivity contribution < 1.29 is 9.59 Å². The van der Waals surface area contributed by atoms with Gasteiger partial charge in [0.1, 0.15) is 0 Å². The molecule has 6 heteroatoms. The number of amides is 2. The van der Waals surface area contributed by atoms with Gasteiger partial charge in [-0.15, -0.1) is 11.3 Å². The average Bonchev–Trinajstić information content (AvgIpc) is 2.91. The van der Waals surface area contributed by atoms with E-state index in [1.165, 1.54) is 54.8 Å². The van der Waals surface area contributed by atoms with Gasteiger partial charge in [-0.25, -0.2) is 0 Å². The molecule has 0 fully saturated rings. The molecule has 0 atom stereocenters. The summed E-state index contributed by atoms with van der Waals surface area (Å²) in [6.07, 6.45) is 9.64. The number of nitrogens with zero attached hydrogens (tertiary/aromatic N) is 1. The maximum atomic E-state index is 12.3. The van der Waals surface area contributed by atoms with Crippen LogP contribution in [0.15, 0.2) is 7.57 Å². The van der Waals surface area contributed by atoms with Crippen molar-refractivity contribution in [3.8, 4) is 0 Å². The number of halogens is 2. The van der Waals surface area contributed by atoms with Crippen LogP contribution in [0.1, 0.15) is 79.0 Å². The Kier molecular flexibility index (Phi) is 7.09. The van der Waals surface area contributed by atoms with Crippen LogP contribution in [0, 0.1) is 0 Å². The fourth-order valence-corrected chi connectivity index (χ4v) is 5.83. The van der Waals surface area contributed by atoms with Crippen molar-refractivity contribution in [1.82, 2.24) is 4.90 Å². The first kappa shape index (κ1) is 18.1. The lowest BCUT2D eigenvalue weighted by Gasteiger charge is -2.14. The third-order valence-electron chi connectivity index (χ3n) is 3.98. The van der Waals surface area contributed by atoms with Gasteiger partial charge in [-0.05, 0) is 38.3 Å². The molecule has 0 N–H and O–H groups in total. The first-order valence-corrected chi connectivity index (χ1v) is 10.3. The van der Waals surface area contributed by atoms with Gasteiger partial charge in [-0.1, -0.05) is 51.9 Å². The smallest absolute Gasteiger partial charge is 0.263 e. The lowest BCUT2D eigenvalue weighted by molar-refractivity contribution is 0.0651. The Morgan fingerprint density at radius 2 is 1.27 bits per heavy atom. The Bertz CT molecular complexity index is 520. The summed E-state index contributed by atoms with van der Waals surface area (Å²) in [5.41, 5.74) is 1.06. The second-order valence-electron chi connectivity index (χ2n) is 5.64. The second kappa shape index (κ2) is 8.60. The number of hydrogen-bond donors (Lipinski definition) is 0. The van der Waals surface area contributed by atoms with E-state index in [9.17, 15) is 9.59 Å². The minimum Gasteiger partial charge on any atom is -0.274 e. The lowest BCUT2D eigenvalue weighted by atomic mass is 10.1. The summed E-state index contributed by atoms with van der Waals surface area (Å²) >= 11 is 8.14. The molecule has 0 aliphatic carbocycles. The van der Waals surface area contributed by atoms with Crippen molar-refractivity contribution in [2.45, 2.75) is 58.3 Å². The Labute approximate surface area is 152 Å². The number of rotatable bonds is 9. The summed E-state index contributed by atoms with van der Waals surface area (Å²) in [5.74, 6) is -0.312. The maximum Gasteiger partial charge on any atom is 0.263 e.